The molecular weight excluding hydrogens is 497 g/mol. The minimum absolute atomic E-state index is 0.0161. The molecule has 0 fully saturated rings. The first kappa shape index (κ1) is 28.8. The lowest BCUT2D eigenvalue weighted by Gasteiger charge is -2.25. The maximum Gasteiger partial charge on any atom is 0.416 e. The van der Waals surface area contributed by atoms with Crippen molar-refractivity contribution < 1.29 is 22.0 Å². The summed E-state index contributed by atoms with van der Waals surface area (Å²) in [4.78, 5) is 0. The number of hydrogen-bond donors (Lipinski definition) is 1. The topological polar surface area (TPSA) is 52.5 Å². The number of H-pyrrole nitrogens is 1. The molecule has 2 atom stereocenters. The minimum atomic E-state index is -4.63. The summed E-state index contributed by atoms with van der Waals surface area (Å²) in [6, 6.07) is 5.86. The quantitative estimate of drug-likeness (QED) is 0.234. The van der Waals surface area contributed by atoms with Crippen LogP contribution >= 0.6 is 0 Å². The summed E-state index contributed by atoms with van der Waals surface area (Å²) in [5.41, 5.74) is 0.609. The van der Waals surface area contributed by atoms with Gasteiger partial charge >= 0.3 is 6.18 Å². The van der Waals surface area contributed by atoms with E-state index >= 15 is 4.39 Å². The smallest absolute Gasteiger partial charge is 0.278 e. The van der Waals surface area contributed by atoms with Gasteiger partial charge in [-0.05, 0) is 78.1 Å². The molecule has 200 valence electrons. The second-order valence-corrected chi connectivity index (χ2v) is 9.38. The van der Waals surface area contributed by atoms with Gasteiger partial charge in [0.2, 0.25) is 0 Å². The normalized spacial score (nSPS) is 13.8. The van der Waals surface area contributed by atoms with Crippen LogP contribution < -0.4 is 0 Å². The molecule has 0 aliphatic rings. The van der Waals surface area contributed by atoms with Crippen LogP contribution in [0.4, 0.5) is 22.0 Å². The van der Waals surface area contributed by atoms with Crippen LogP contribution in [0.2, 0.25) is 0 Å². The largest absolute Gasteiger partial charge is 0.416 e. The van der Waals surface area contributed by atoms with Crippen LogP contribution in [0.3, 0.4) is 0 Å². The van der Waals surface area contributed by atoms with E-state index in [0.717, 1.165) is 36.2 Å². The molecule has 0 aliphatic carbocycles. The molecule has 3 nitrogen and oxygen atoms in total. The fourth-order valence-electron chi connectivity index (χ4n) is 4.56. The Hall–Kier alpha value is -3.73. The second-order valence-electron chi connectivity index (χ2n) is 9.38. The Bertz CT molecular complexity index is 1420. The van der Waals surface area contributed by atoms with E-state index in [-0.39, 0.29) is 34.1 Å². The molecule has 38 heavy (non-hydrogen) atoms. The summed E-state index contributed by atoms with van der Waals surface area (Å²) in [6.07, 6.45) is -0.211. The highest BCUT2D eigenvalue weighted by Crippen LogP contribution is 2.46. The number of rotatable bonds is 8. The SMILES string of the molecule is C=C(/C(=C/C)c1c(-c2[nH]ncc2C(C)CC)cc(C(F)(F)F)cc1C(C)CC)c1c(F)ccc(C#N)c1F. The van der Waals surface area contributed by atoms with Gasteiger partial charge in [-0.3, -0.25) is 5.10 Å². The lowest BCUT2D eigenvalue weighted by molar-refractivity contribution is -0.137. The van der Waals surface area contributed by atoms with Crippen LogP contribution in [0.25, 0.3) is 22.4 Å². The predicted octanol–water partition coefficient (Wildman–Crippen LogP) is 9.39. The van der Waals surface area contributed by atoms with E-state index in [1.165, 1.54) is 0 Å². The number of nitrogens with one attached hydrogen (secondary N) is 1. The summed E-state index contributed by atoms with van der Waals surface area (Å²) in [7, 11) is 0. The Kier molecular flexibility index (Phi) is 8.61. The lowest BCUT2D eigenvalue weighted by Crippen LogP contribution is -2.11. The van der Waals surface area contributed by atoms with E-state index in [1.54, 1.807) is 32.2 Å². The third-order valence-electron chi connectivity index (χ3n) is 7.12. The molecule has 0 saturated carbocycles. The van der Waals surface area contributed by atoms with Crippen molar-refractivity contribution >= 4 is 11.1 Å². The maximum absolute atomic E-state index is 15.2. The van der Waals surface area contributed by atoms with Crippen molar-refractivity contribution in [2.75, 3.05) is 0 Å². The zero-order valence-electron chi connectivity index (χ0n) is 22.0. The molecular formula is C30H30F5N3. The molecule has 1 heterocycles. The van der Waals surface area contributed by atoms with Crippen LogP contribution in [-0.2, 0) is 6.18 Å². The first-order valence-corrected chi connectivity index (χ1v) is 12.4. The van der Waals surface area contributed by atoms with E-state index < -0.39 is 28.9 Å². The molecule has 3 rings (SSSR count). The third kappa shape index (κ3) is 5.28. The monoisotopic (exact) mass is 527 g/mol. The molecule has 0 aliphatic heterocycles. The lowest BCUT2D eigenvalue weighted by atomic mass is 9.79. The number of allylic oxidation sites excluding steroid dienone is 3. The molecule has 3 aromatic rings. The van der Waals surface area contributed by atoms with Gasteiger partial charge in [0.05, 0.1) is 28.6 Å². The van der Waals surface area contributed by atoms with Crippen LogP contribution in [0.15, 0.2) is 43.1 Å². The van der Waals surface area contributed by atoms with Crippen LogP contribution in [0.5, 0.6) is 0 Å². The van der Waals surface area contributed by atoms with Crippen molar-refractivity contribution in [3.8, 4) is 17.3 Å². The molecule has 0 bridgehead atoms. The Labute approximate surface area is 219 Å². The molecule has 8 heteroatoms. The van der Waals surface area contributed by atoms with Crippen molar-refractivity contribution in [2.24, 2.45) is 0 Å². The average molecular weight is 528 g/mol. The Morgan fingerprint density at radius 1 is 1.08 bits per heavy atom. The summed E-state index contributed by atoms with van der Waals surface area (Å²) in [6.45, 7) is 13.2. The summed E-state index contributed by atoms with van der Waals surface area (Å²) < 4.78 is 72.5. The number of aromatic amines is 1. The zero-order valence-corrected chi connectivity index (χ0v) is 22.0. The molecule has 0 saturated heterocycles. The van der Waals surface area contributed by atoms with E-state index in [9.17, 15) is 22.8 Å². The van der Waals surface area contributed by atoms with Gasteiger partial charge in [0.25, 0.3) is 0 Å². The zero-order chi connectivity index (χ0) is 28.4. The second kappa shape index (κ2) is 11.3. The van der Waals surface area contributed by atoms with E-state index in [4.69, 9.17) is 0 Å². The molecule has 1 aromatic heterocycles. The highest BCUT2D eigenvalue weighted by molar-refractivity contribution is 6.08. The standard InChI is InChI=1S/C30H30F5N3/c1-7-16(4)22-12-20(30(33,34)35)13-23(29-24(15-37-38-29)17(5)8-2)27(22)21(9-3)18(6)26-25(31)11-10-19(14-36)28(26)32/h9-13,15-17H,6-8H2,1-5H3,(H,37,38)/b21-9-. The van der Waals surface area contributed by atoms with E-state index in [1.807, 2.05) is 20.8 Å². The number of hydrogen-bond acceptors (Lipinski definition) is 2. The van der Waals surface area contributed by atoms with E-state index in [2.05, 4.69) is 16.8 Å². The first-order valence-electron chi connectivity index (χ1n) is 12.4. The molecule has 1 N–H and O–H groups in total. The van der Waals surface area contributed by atoms with Gasteiger partial charge in [0.1, 0.15) is 11.9 Å². The molecule has 2 aromatic carbocycles. The van der Waals surface area contributed by atoms with Crippen LogP contribution in [0, 0.1) is 23.0 Å². The number of halogens is 5. The average Bonchev–Trinajstić information content (AvgIpc) is 3.37. The van der Waals surface area contributed by atoms with Gasteiger partial charge < -0.3 is 0 Å². The number of nitriles is 1. The van der Waals surface area contributed by atoms with Crippen LogP contribution in [-0.4, -0.2) is 10.2 Å². The maximum atomic E-state index is 15.2. The molecule has 2 unspecified atom stereocenters. The van der Waals surface area contributed by atoms with Gasteiger partial charge in [-0.25, -0.2) is 8.78 Å². The summed E-state index contributed by atoms with van der Waals surface area (Å²) in [5.74, 6) is -2.34. The fourth-order valence-corrected chi connectivity index (χ4v) is 4.56. The minimum Gasteiger partial charge on any atom is -0.278 e. The Balaban J connectivity index is 2.47. The van der Waals surface area contributed by atoms with E-state index in [0.29, 0.717) is 23.2 Å². The van der Waals surface area contributed by atoms with Crippen molar-refractivity contribution in [3.05, 3.63) is 88.1 Å². The molecule has 0 radical (unpaired) electrons. The number of alkyl halides is 3. The Morgan fingerprint density at radius 2 is 1.71 bits per heavy atom. The third-order valence-corrected chi connectivity index (χ3v) is 7.12. The highest BCUT2D eigenvalue weighted by atomic mass is 19.4. The van der Waals surface area contributed by atoms with Crippen molar-refractivity contribution in [1.82, 2.24) is 10.2 Å². The number of nitrogens with zero attached hydrogens (tertiary/aromatic N) is 2. The molecule has 0 amide bonds. The predicted molar refractivity (Wildman–Crippen MR) is 140 cm³/mol. The van der Waals surface area contributed by atoms with Crippen molar-refractivity contribution in [3.63, 3.8) is 0 Å². The van der Waals surface area contributed by atoms with Crippen LogP contribution in [0.1, 0.15) is 92.7 Å². The Morgan fingerprint density at radius 3 is 2.26 bits per heavy atom. The highest BCUT2D eigenvalue weighted by Gasteiger charge is 2.35. The summed E-state index contributed by atoms with van der Waals surface area (Å²) in [5, 5.41) is 16.3. The van der Waals surface area contributed by atoms with Gasteiger partial charge in [-0.15, -0.1) is 0 Å². The van der Waals surface area contributed by atoms with Gasteiger partial charge in [0, 0.05) is 11.1 Å². The van der Waals surface area contributed by atoms with Gasteiger partial charge in [-0.1, -0.05) is 40.3 Å². The van der Waals surface area contributed by atoms with Gasteiger partial charge in [-0.2, -0.15) is 23.5 Å². The molecule has 0 spiro atoms. The first-order chi connectivity index (χ1) is 17.9. The fraction of sp³-hybridized carbons (Fsp3) is 0.333. The van der Waals surface area contributed by atoms with Crippen molar-refractivity contribution in [2.45, 2.75) is 65.5 Å². The summed E-state index contributed by atoms with van der Waals surface area (Å²) >= 11 is 0. The van der Waals surface area contributed by atoms with Gasteiger partial charge in [0.15, 0.2) is 5.82 Å². The number of benzene rings is 2. The van der Waals surface area contributed by atoms with Crippen molar-refractivity contribution in [1.29, 1.82) is 5.26 Å². The number of aromatic nitrogens is 2.